The Labute approximate surface area is 148 Å². The van der Waals surface area contributed by atoms with Gasteiger partial charge in [0.2, 0.25) is 5.91 Å². The lowest BCUT2D eigenvalue weighted by atomic mass is 9.77. The number of rotatable bonds is 4. The minimum absolute atomic E-state index is 0.0927. The molecular formula is C19H27N3O3. The number of carbonyl (C=O) groups excluding carboxylic acids is 1. The Morgan fingerprint density at radius 1 is 1.32 bits per heavy atom. The van der Waals surface area contributed by atoms with Crippen molar-refractivity contribution in [3.63, 3.8) is 0 Å². The first-order valence-electron chi connectivity index (χ1n) is 9.38. The summed E-state index contributed by atoms with van der Waals surface area (Å²) in [4.78, 5) is 21.1. The van der Waals surface area contributed by atoms with E-state index in [4.69, 9.17) is 4.74 Å². The van der Waals surface area contributed by atoms with E-state index in [2.05, 4.69) is 9.88 Å². The van der Waals surface area contributed by atoms with Gasteiger partial charge in [-0.05, 0) is 43.4 Å². The van der Waals surface area contributed by atoms with Crippen LogP contribution in [-0.4, -0.2) is 69.8 Å². The molecule has 0 bridgehead atoms. The number of morpholine rings is 1. The van der Waals surface area contributed by atoms with E-state index < -0.39 is 5.60 Å². The molecule has 3 heterocycles. The first-order valence-corrected chi connectivity index (χ1v) is 9.38. The third-order valence-electron chi connectivity index (χ3n) is 5.95. The zero-order valence-electron chi connectivity index (χ0n) is 14.6. The van der Waals surface area contributed by atoms with Crippen molar-refractivity contribution in [3.8, 4) is 0 Å². The van der Waals surface area contributed by atoms with Crippen molar-refractivity contribution in [3.05, 3.63) is 30.1 Å². The Balaban J connectivity index is 1.41. The summed E-state index contributed by atoms with van der Waals surface area (Å²) < 4.78 is 5.97. The maximum atomic E-state index is 12.6. The van der Waals surface area contributed by atoms with Crippen molar-refractivity contribution in [2.24, 2.45) is 0 Å². The largest absolute Gasteiger partial charge is 0.389 e. The van der Waals surface area contributed by atoms with Crippen molar-refractivity contribution in [1.82, 2.24) is 14.8 Å². The number of nitrogens with zero attached hydrogens (tertiary/aromatic N) is 3. The van der Waals surface area contributed by atoms with Crippen LogP contribution in [0, 0.1) is 0 Å². The normalized spacial score (nSPS) is 28.9. The lowest BCUT2D eigenvalue weighted by Crippen LogP contribution is -2.61. The second kappa shape index (κ2) is 7.02. The molecule has 3 aliphatic rings. The maximum Gasteiger partial charge on any atom is 0.225 e. The van der Waals surface area contributed by atoms with Gasteiger partial charge in [-0.2, -0.15) is 0 Å². The Bertz CT molecular complexity index is 605. The van der Waals surface area contributed by atoms with Crippen LogP contribution in [0.1, 0.15) is 37.7 Å². The van der Waals surface area contributed by atoms with Gasteiger partial charge in [-0.1, -0.05) is 0 Å². The predicted molar refractivity (Wildman–Crippen MR) is 92.8 cm³/mol. The van der Waals surface area contributed by atoms with Crippen LogP contribution in [0.3, 0.4) is 0 Å². The number of ether oxygens (including phenoxy) is 1. The zero-order valence-corrected chi connectivity index (χ0v) is 14.6. The number of hydrogen-bond donors (Lipinski definition) is 1. The summed E-state index contributed by atoms with van der Waals surface area (Å²) in [6.45, 7) is 3.93. The van der Waals surface area contributed by atoms with Gasteiger partial charge in [-0.3, -0.25) is 14.7 Å². The van der Waals surface area contributed by atoms with Crippen LogP contribution >= 0.6 is 0 Å². The zero-order chi connectivity index (χ0) is 17.3. The van der Waals surface area contributed by atoms with Crippen LogP contribution in [-0.2, 0) is 16.1 Å². The summed E-state index contributed by atoms with van der Waals surface area (Å²) in [5, 5.41) is 10.3. The second-order valence-electron chi connectivity index (χ2n) is 7.69. The SMILES string of the molecule is O=C(CC1(O)CCC1)N1CC[C@@H]2OCCN(Cc3ccncc3)[C@H]2C1. The first kappa shape index (κ1) is 16.9. The van der Waals surface area contributed by atoms with Gasteiger partial charge in [0.05, 0.1) is 30.8 Å². The molecule has 1 aliphatic carbocycles. The molecule has 2 saturated heterocycles. The molecule has 4 rings (SSSR count). The van der Waals surface area contributed by atoms with E-state index in [1.165, 1.54) is 5.56 Å². The summed E-state index contributed by atoms with van der Waals surface area (Å²) in [6, 6.07) is 4.32. The van der Waals surface area contributed by atoms with Gasteiger partial charge in [0, 0.05) is 38.6 Å². The fraction of sp³-hybridized carbons (Fsp3) is 0.684. The number of piperidine rings is 1. The van der Waals surface area contributed by atoms with Crippen molar-refractivity contribution in [1.29, 1.82) is 0 Å². The molecule has 0 aromatic carbocycles. The molecule has 6 nitrogen and oxygen atoms in total. The fourth-order valence-corrected chi connectivity index (χ4v) is 4.24. The molecule has 6 heteroatoms. The average molecular weight is 345 g/mol. The molecule has 0 spiro atoms. The molecule has 3 fully saturated rings. The lowest BCUT2D eigenvalue weighted by molar-refractivity contribution is -0.151. The molecular weight excluding hydrogens is 318 g/mol. The summed E-state index contributed by atoms with van der Waals surface area (Å²) >= 11 is 0. The molecule has 1 aromatic rings. The van der Waals surface area contributed by atoms with Crippen LogP contribution in [0.5, 0.6) is 0 Å². The summed E-state index contributed by atoms with van der Waals surface area (Å²) in [7, 11) is 0. The molecule has 2 atom stereocenters. The van der Waals surface area contributed by atoms with E-state index in [0.29, 0.717) is 6.54 Å². The van der Waals surface area contributed by atoms with Crippen LogP contribution in [0.4, 0.5) is 0 Å². The molecule has 1 N–H and O–H groups in total. The van der Waals surface area contributed by atoms with E-state index in [9.17, 15) is 9.90 Å². The third kappa shape index (κ3) is 3.71. The molecule has 25 heavy (non-hydrogen) atoms. The van der Waals surface area contributed by atoms with Crippen molar-refractivity contribution >= 4 is 5.91 Å². The van der Waals surface area contributed by atoms with Gasteiger partial charge < -0.3 is 14.7 Å². The highest BCUT2D eigenvalue weighted by Crippen LogP contribution is 2.35. The number of fused-ring (bicyclic) bond motifs is 1. The van der Waals surface area contributed by atoms with Crippen molar-refractivity contribution in [2.45, 2.75) is 56.4 Å². The van der Waals surface area contributed by atoms with Gasteiger partial charge in [0.1, 0.15) is 0 Å². The first-order chi connectivity index (χ1) is 12.1. The summed E-state index contributed by atoms with van der Waals surface area (Å²) in [5.74, 6) is 0.0927. The highest BCUT2D eigenvalue weighted by atomic mass is 16.5. The second-order valence-corrected chi connectivity index (χ2v) is 7.69. The van der Waals surface area contributed by atoms with Crippen LogP contribution in [0.15, 0.2) is 24.5 Å². The Hall–Kier alpha value is -1.50. The Morgan fingerprint density at radius 3 is 2.84 bits per heavy atom. The predicted octanol–water partition coefficient (Wildman–Crippen LogP) is 1.19. The van der Waals surface area contributed by atoms with Gasteiger partial charge in [0.15, 0.2) is 0 Å². The van der Waals surface area contributed by atoms with Gasteiger partial charge in [-0.15, -0.1) is 0 Å². The Morgan fingerprint density at radius 2 is 2.12 bits per heavy atom. The van der Waals surface area contributed by atoms with Crippen LogP contribution in [0.2, 0.25) is 0 Å². The monoisotopic (exact) mass is 345 g/mol. The van der Waals surface area contributed by atoms with E-state index >= 15 is 0 Å². The number of carbonyl (C=O) groups is 1. The smallest absolute Gasteiger partial charge is 0.225 e. The highest BCUT2D eigenvalue weighted by molar-refractivity contribution is 5.77. The maximum absolute atomic E-state index is 12.6. The third-order valence-corrected chi connectivity index (χ3v) is 5.95. The minimum atomic E-state index is -0.742. The molecule has 2 aliphatic heterocycles. The number of pyridine rings is 1. The number of aromatic nitrogens is 1. The summed E-state index contributed by atoms with van der Waals surface area (Å²) in [5.41, 5.74) is 0.496. The fourth-order valence-electron chi connectivity index (χ4n) is 4.24. The highest BCUT2D eigenvalue weighted by Gasteiger charge is 2.41. The molecule has 1 amide bonds. The number of amides is 1. The van der Waals surface area contributed by atoms with Crippen molar-refractivity contribution < 1.29 is 14.6 Å². The molecule has 0 unspecified atom stereocenters. The lowest BCUT2D eigenvalue weighted by Gasteiger charge is -2.48. The van der Waals surface area contributed by atoms with E-state index in [-0.39, 0.29) is 24.5 Å². The molecule has 1 aromatic heterocycles. The van der Waals surface area contributed by atoms with Crippen LogP contribution < -0.4 is 0 Å². The number of hydrogen-bond acceptors (Lipinski definition) is 5. The van der Waals surface area contributed by atoms with Crippen LogP contribution in [0.25, 0.3) is 0 Å². The van der Waals surface area contributed by atoms with Gasteiger partial charge >= 0.3 is 0 Å². The van der Waals surface area contributed by atoms with Crippen molar-refractivity contribution in [2.75, 3.05) is 26.2 Å². The van der Waals surface area contributed by atoms with Gasteiger partial charge in [-0.25, -0.2) is 0 Å². The van der Waals surface area contributed by atoms with E-state index in [1.54, 1.807) is 0 Å². The quantitative estimate of drug-likeness (QED) is 0.888. The Kier molecular flexibility index (Phi) is 4.75. The number of aliphatic hydroxyl groups is 1. The topological polar surface area (TPSA) is 65.9 Å². The van der Waals surface area contributed by atoms with Gasteiger partial charge in [0.25, 0.3) is 0 Å². The molecule has 136 valence electrons. The molecule has 1 saturated carbocycles. The van der Waals surface area contributed by atoms with E-state index in [0.717, 1.165) is 51.9 Å². The summed E-state index contributed by atoms with van der Waals surface area (Å²) in [6.07, 6.45) is 7.55. The average Bonchev–Trinajstić information content (AvgIpc) is 2.61. The van der Waals surface area contributed by atoms with E-state index in [1.807, 2.05) is 29.4 Å². The minimum Gasteiger partial charge on any atom is -0.389 e. The molecule has 0 radical (unpaired) electrons. The standard InChI is InChI=1S/C19H27N3O3/c23-18(12-19(24)5-1-6-19)22-9-4-17-16(14-22)21(10-11-25-17)13-15-2-7-20-8-3-15/h2-3,7-8,16-17,24H,1,4-6,9-14H2/t16-,17-/m0/s1. The number of likely N-dealkylation sites (tertiary alicyclic amines) is 1.